The second-order valence-corrected chi connectivity index (χ2v) is 9.96. The van der Waals surface area contributed by atoms with E-state index in [2.05, 4.69) is 77.9 Å². The molecule has 0 aliphatic carbocycles. The summed E-state index contributed by atoms with van der Waals surface area (Å²) in [4.78, 5) is 0. The van der Waals surface area contributed by atoms with Crippen LogP contribution in [0.25, 0.3) is 0 Å². The van der Waals surface area contributed by atoms with Gasteiger partial charge in [0.15, 0.2) is 0 Å². The SMILES string of the molecule is CC(C)(C)c1cc(C(N)(c2ccccc2)c2ccccc2)cc(C(C)(C)C)c1O. The number of benzene rings is 3. The van der Waals surface area contributed by atoms with Crippen LogP contribution in [0.1, 0.15) is 69.4 Å². The third kappa shape index (κ3) is 3.95. The van der Waals surface area contributed by atoms with Gasteiger partial charge in [-0.25, -0.2) is 0 Å². The van der Waals surface area contributed by atoms with E-state index in [1.807, 2.05) is 36.4 Å². The van der Waals surface area contributed by atoms with Gasteiger partial charge in [-0.15, -0.1) is 0 Å². The average molecular weight is 388 g/mol. The van der Waals surface area contributed by atoms with Crippen molar-refractivity contribution in [1.82, 2.24) is 0 Å². The fourth-order valence-electron chi connectivity index (χ4n) is 3.91. The maximum atomic E-state index is 11.2. The highest BCUT2D eigenvalue weighted by Gasteiger charge is 2.36. The Morgan fingerprint density at radius 3 is 1.24 bits per heavy atom. The molecule has 29 heavy (non-hydrogen) atoms. The lowest BCUT2D eigenvalue weighted by molar-refractivity contribution is 0.421. The first-order valence-electron chi connectivity index (χ1n) is 10.2. The van der Waals surface area contributed by atoms with Gasteiger partial charge in [-0.2, -0.15) is 0 Å². The van der Waals surface area contributed by atoms with Crippen molar-refractivity contribution in [1.29, 1.82) is 0 Å². The summed E-state index contributed by atoms with van der Waals surface area (Å²) < 4.78 is 0. The van der Waals surface area contributed by atoms with Crippen molar-refractivity contribution in [2.45, 2.75) is 57.9 Å². The second-order valence-electron chi connectivity index (χ2n) is 9.96. The molecule has 0 radical (unpaired) electrons. The molecular weight excluding hydrogens is 354 g/mol. The molecule has 0 heterocycles. The molecule has 3 rings (SSSR count). The Morgan fingerprint density at radius 2 is 0.931 bits per heavy atom. The van der Waals surface area contributed by atoms with E-state index in [9.17, 15) is 5.11 Å². The van der Waals surface area contributed by atoms with Crippen molar-refractivity contribution in [3.8, 4) is 5.75 Å². The van der Waals surface area contributed by atoms with Crippen molar-refractivity contribution in [3.63, 3.8) is 0 Å². The molecule has 0 amide bonds. The Kier molecular flexibility index (Phi) is 5.36. The Bertz CT molecular complexity index is 902. The maximum absolute atomic E-state index is 11.2. The highest BCUT2D eigenvalue weighted by molar-refractivity contribution is 5.57. The molecule has 0 aliphatic rings. The topological polar surface area (TPSA) is 46.2 Å². The van der Waals surface area contributed by atoms with Crippen molar-refractivity contribution in [2.24, 2.45) is 5.73 Å². The summed E-state index contributed by atoms with van der Waals surface area (Å²) in [5, 5.41) is 11.2. The molecule has 3 aromatic rings. The third-order valence-electron chi connectivity index (χ3n) is 5.64. The van der Waals surface area contributed by atoms with Gasteiger partial charge in [-0.05, 0) is 50.8 Å². The van der Waals surface area contributed by atoms with Gasteiger partial charge in [0.05, 0.1) is 5.54 Å². The summed E-state index contributed by atoms with van der Waals surface area (Å²) in [5.41, 5.74) is 10.9. The number of phenolic OH excluding ortho intramolecular Hbond substituents is 1. The van der Waals surface area contributed by atoms with Crippen LogP contribution in [0.3, 0.4) is 0 Å². The highest BCUT2D eigenvalue weighted by Crippen LogP contribution is 2.44. The fourth-order valence-corrected chi connectivity index (χ4v) is 3.91. The molecule has 2 nitrogen and oxygen atoms in total. The molecule has 3 N–H and O–H groups in total. The fraction of sp³-hybridized carbons (Fsp3) is 0.333. The van der Waals surface area contributed by atoms with E-state index in [4.69, 9.17) is 5.73 Å². The lowest BCUT2D eigenvalue weighted by Crippen LogP contribution is -2.40. The number of phenols is 1. The van der Waals surface area contributed by atoms with Gasteiger partial charge in [-0.3, -0.25) is 0 Å². The molecule has 0 aliphatic heterocycles. The Labute approximate surface area is 175 Å². The molecule has 0 aromatic heterocycles. The summed E-state index contributed by atoms with van der Waals surface area (Å²) in [6, 6.07) is 24.6. The third-order valence-corrected chi connectivity index (χ3v) is 5.64. The summed E-state index contributed by atoms with van der Waals surface area (Å²) in [5.74, 6) is 0.372. The van der Waals surface area contributed by atoms with E-state index in [1.165, 1.54) is 0 Å². The number of hydrogen-bond donors (Lipinski definition) is 2. The van der Waals surface area contributed by atoms with Gasteiger partial charge in [0, 0.05) is 0 Å². The summed E-state index contributed by atoms with van der Waals surface area (Å²) in [7, 11) is 0. The zero-order chi connectivity index (χ0) is 21.4. The number of hydrogen-bond acceptors (Lipinski definition) is 2. The van der Waals surface area contributed by atoms with Crippen LogP contribution in [0.4, 0.5) is 0 Å². The monoisotopic (exact) mass is 387 g/mol. The molecule has 152 valence electrons. The van der Waals surface area contributed by atoms with Crippen LogP contribution < -0.4 is 5.73 Å². The van der Waals surface area contributed by atoms with Crippen LogP contribution in [0.15, 0.2) is 72.8 Å². The van der Waals surface area contributed by atoms with Gasteiger partial charge in [0.1, 0.15) is 5.75 Å². The van der Waals surface area contributed by atoms with E-state index >= 15 is 0 Å². The number of nitrogens with two attached hydrogens (primary N) is 1. The minimum atomic E-state index is -0.823. The van der Waals surface area contributed by atoms with Gasteiger partial charge in [0.25, 0.3) is 0 Å². The lowest BCUT2D eigenvalue weighted by atomic mass is 9.72. The molecule has 2 heteroatoms. The number of aromatic hydroxyl groups is 1. The van der Waals surface area contributed by atoms with Crippen LogP contribution in [-0.2, 0) is 16.4 Å². The first kappa shape index (κ1) is 21.1. The molecule has 0 bridgehead atoms. The van der Waals surface area contributed by atoms with Crippen molar-refractivity contribution in [2.75, 3.05) is 0 Å². The largest absolute Gasteiger partial charge is 0.507 e. The quantitative estimate of drug-likeness (QED) is 0.523. The van der Waals surface area contributed by atoms with Gasteiger partial charge >= 0.3 is 0 Å². The molecule has 3 aromatic carbocycles. The zero-order valence-electron chi connectivity index (χ0n) is 18.5. The zero-order valence-corrected chi connectivity index (χ0v) is 18.5. The lowest BCUT2D eigenvalue weighted by Gasteiger charge is -2.35. The van der Waals surface area contributed by atoms with Crippen molar-refractivity contribution < 1.29 is 5.11 Å². The molecule has 0 fully saturated rings. The van der Waals surface area contributed by atoms with E-state index in [0.717, 1.165) is 27.8 Å². The smallest absolute Gasteiger partial charge is 0.123 e. The minimum absolute atomic E-state index is 0.214. The molecule has 0 saturated heterocycles. The van der Waals surface area contributed by atoms with E-state index < -0.39 is 5.54 Å². The summed E-state index contributed by atoms with van der Waals surface area (Å²) in [6.07, 6.45) is 0. The first-order valence-corrected chi connectivity index (χ1v) is 10.2. The standard InChI is InChI=1S/C27H33NO/c1-25(2,3)22-17-21(18-23(24(22)29)26(4,5)6)27(28,19-13-9-7-10-14-19)20-15-11-8-12-16-20/h7-18,29H,28H2,1-6H3. The first-order chi connectivity index (χ1) is 13.5. The predicted octanol–water partition coefficient (Wildman–Crippen LogP) is 6.24. The van der Waals surface area contributed by atoms with Crippen molar-refractivity contribution in [3.05, 3.63) is 101 Å². The Morgan fingerprint density at radius 1 is 0.586 bits per heavy atom. The molecule has 0 saturated carbocycles. The minimum Gasteiger partial charge on any atom is -0.507 e. The molecular formula is C27H33NO. The van der Waals surface area contributed by atoms with E-state index in [1.54, 1.807) is 0 Å². The van der Waals surface area contributed by atoms with Crippen LogP contribution >= 0.6 is 0 Å². The van der Waals surface area contributed by atoms with Gasteiger partial charge < -0.3 is 10.8 Å². The highest BCUT2D eigenvalue weighted by atomic mass is 16.3. The predicted molar refractivity (Wildman–Crippen MR) is 122 cm³/mol. The van der Waals surface area contributed by atoms with E-state index in [0.29, 0.717) is 5.75 Å². The molecule has 0 spiro atoms. The number of rotatable bonds is 3. The molecule has 0 unspecified atom stereocenters. The normalized spacial score (nSPS) is 12.8. The van der Waals surface area contributed by atoms with Crippen LogP contribution in [0.2, 0.25) is 0 Å². The van der Waals surface area contributed by atoms with Gasteiger partial charge in [-0.1, -0.05) is 102 Å². The Balaban J connectivity index is 2.41. The Hall–Kier alpha value is -2.58. The van der Waals surface area contributed by atoms with E-state index in [-0.39, 0.29) is 10.8 Å². The second kappa shape index (κ2) is 7.35. The summed E-state index contributed by atoms with van der Waals surface area (Å²) >= 11 is 0. The maximum Gasteiger partial charge on any atom is 0.123 e. The average Bonchev–Trinajstić information content (AvgIpc) is 2.67. The molecule has 0 atom stereocenters. The van der Waals surface area contributed by atoms with Gasteiger partial charge in [0.2, 0.25) is 0 Å². The van der Waals surface area contributed by atoms with Crippen LogP contribution in [0, 0.1) is 0 Å². The summed E-state index contributed by atoms with van der Waals surface area (Å²) in [6.45, 7) is 12.8. The van der Waals surface area contributed by atoms with Crippen LogP contribution in [-0.4, -0.2) is 5.11 Å². The van der Waals surface area contributed by atoms with Crippen LogP contribution in [0.5, 0.6) is 5.75 Å². The van der Waals surface area contributed by atoms with Crippen molar-refractivity contribution >= 4 is 0 Å².